The van der Waals surface area contributed by atoms with E-state index < -0.39 is 0 Å². The predicted molar refractivity (Wildman–Crippen MR) is 76.4 cm³/mol. The Balaban J connectivity index is 1.82. The second-order valence-electron chi connectivity index (χ2n) is 4.97. The van der Waals surface area contributed by atoms with Crippen LogP contribution in [0, 0.1) is 0 Å². The molecule has 1 aliphatic rings. The van der Waals surface area contributed by atoms with Crippen molar-refractivity contribution >= 4 is 6.08 Å². The topological polar surface area (TPSA) is 23.5 Å². The molecule has 0 amide bonds. The van der Waals surface area contributed by atoms with E-state index in [9.17, 15) is 0 Å². The minimum atomic E-state index is 0.297. The van der Waals surface area contributed by atoms with Crippen LogP contribution in [0.25, 0.3) is 6.08 Å². The number of benzene rings is 1. The van der Waals surface area contributed by atoms with E-state index in [4.69, 9.17) is 5.11 Å². The number of rotatable bonds is 7. The Hall–Kier alpha value is -1.12. The maximum atomic E-state index is 8.95. The standard InChI is InChI=1S/C16H23NO/c18-14-6-13-17(16-10-4-11-16)12-5-9-15-7-2-1-3-8-15/h1-3,5,7-9,16,18H,4,6,10-14H2/b9-5+. The van der Waals surface area contributed by atoms with Crippen LogP contribution in [0.1, 0.15) is 31.2 Å². The Morgan fingerprint density at radius 3 is 2.61 bits per heavy atom. The van der Waals surface area contributed by atoms with E-state index >= 15 is 0 Å². The quantitative estimate of drug-likeness (QED) is 0.798. The van der Waals surface area contributed by atoms with Gasteiger partial charge in [0.15, 0.2) is 0 Å². The van der Waals surface area contributed by atoms with Crippen molar-refractivity contribution in [1.82, 2.24) is 4.90 Å². The first kappa shape index (κ1) is 13.3. The van der Waals surface area contributed by atoms with Gasteiger partial charge in [-0.3, -0.25) is 4.90 Å². The van der Waals surface area contributed by atoms with Gasteiger partial charge in [-0.1, -0.05) is 48.9 Å². The first-order valence-corrected chi connectivity index (χ1v) is 6.96. The molecular formula is C16H23NO. The maximum Gasteiger partial charge on any atom is 0.0443 e. The highest BCUT2D eigenvalue weighted by atomic mass is 16.3. The van der Waals surface area contributed by atoms with E-state index in [0.717, 1.165) is 25.6 Å². The number of aliphatic hydroxyl groups is 1. The summed E-state index contributed by atoms with van der Waals surface area (Å²) in [6, 6.07) is 11.2. The van der Waals surface area contributed by atoms with Gasteiger partial charge in [-0.05, 0) is 24.8 Å². The van der Waals surface area contributed by atoms with E-state index in [1.807, 2.05) is 6.07 Å². The molecular weight excluding hydrogens is 222 g/mol. The van der Waals surface area contributed by atoms with E-state index in [-0.39, 0.29) is 0 Å². The molecule has 1 N–H and O–H groups in total. The molecule has 0 bridgehead atoms. The van der Waals surface area contributed by atoms with Crippen LogP contribution in [-0.2, 0) is 0 Å². The molecule has 1 saturated carbocycles. The van der Waals surface area contributed by atoms with Crippen molar-refractivity contribution < 1.29 is 5.11 Å². The molecule has 0 atom stereocenters. The molecule has 18 heavy (non-hydrogen) atoms. The third kappa shape index (κ3) is 3.97. The third-order valence-electron chi connectivity index (χ3n) is 3.64. The molecule has 0 aromatic heterocycles. The van der Waals surface area contributed by atoms with Crippen LogP contribution < -0.4 is 0 Å². The SMILES string of the molecule is OCCCN(C/C=C/c1ccccc1)C1CCC1. The summed E-state index contributed by atoms with van der Waals surface area (Å²) in [5.74, 6) is 0. The summed E-state index contributed by atoms with van der Waals surface area (Å²) in [7, 11) is 0. The number of hydrogen-bond acceptors (Lipinski definition) is 2. The van der Waals surface area contributed by atoms with Gasteiger partial charge in [0.1, 0.15) is 0 Å². The maximum absolute atomic E-state index is 8.95. The van der Waals surface area contributed by atoms with Gasteiger partial charge in [0, 0.05) is 25.7 Å². The molecule has 0 radical (unpaired) electrons. The van der Waals surface area contributed by atoms with Crippen molar-refractivity contribution in [2.24, 2.45) is 0 Å². The van der Waals surface area contributed by atoms with Crippen LogP contribution in [-0.4, -0.2) is 35.7 Å². The summed E-state index contributed by atoms with van der Waals surface area (Å²) in [6.45, 7) is 2.31. The highest BCUT2D eigenvalue weighted by Gasteiger charge is 2.23. The van der Waals surface area contributed by atoms with E-state index in [1.54, 1.807) is 0 Å². The second-order valence-corrected chi connectivity index (χ2v) is 4.97. The van der Waals surface area contributed by atoms with Gasteiger partial charge in [-0.25, -0.2) is 0 Å². The van der Waals surface area contributed by atoms with Crippen LogP contribution in [0.5, 0.6) is 0 Å². The summed E-state index contributed by atoms with van der Waals surface area (Å²) in [5.41, 5.74) is 1.26. The first-order chi connectivity index (χ1) is 8.90. The summed E-state index contributed by atoms with van der Waals surface area (Å²) >= 11 is 0. The largest absolute Gasteiger partial charge is 0.396 e. The average molecular weight is 245 g/mol. The van der Waals surface area contributed by atoms with Crippen LogP contribution >= 0.6 is 0 Å². The molecule has 98 valence electrons. The van der Waals surface area contributed by atoms with Crippen molar-refractivity contribution in [2.45, 2.75) is 31.7 Å². The molecule has 0 unspecified atom stereocenters. The first-order valence-electron chi connectivity index (χ1n) is 6.96. The predicted octanol–water partition coefficient (Wildman–Crippen LogP) is 2.94. The lowest BCUT2D eigenvalue weighted by molar-refractivity contribution is 0.130. The molecule has 1 aliphatic carbocycles. The molecule has 2 heteroatoms. The smallest absolute Gasteiger partial charge is 0.0443 e. The Labute approximate surface area is 110 Å². The monoisotopic (exact) mass is 245 g/mol. The van der Waals surface area contributed by atoms with Crippen LogP contribution in [0.3, 0.4) is 0 Å². The molecule has 2 rings (SSSR count). The highest BCUT2D eigenvalue weighted by Crippen LogP contribution is 2.24. The Morgan fingerprint density at radius 1 is 1.22 bits per heavy atom. The van der Waals surface area contributed by atoms with Crippen LogP contribution in [0.4, 0.5) is 0 Å². The van der Waals surface area contributed by atoms with Gasteiger partial charge in [0.05, 0.1) is 0 Å². The fraction of sp³-hybridized carbons (Fsp3) is 0.500. The molecule has 1 aromatic carbocycles. The fourth-order valence-electron chi connectivity index (χ4n) is 2.34. The fourth-order valence-corrected chi connectivity index (χ4v) is 2.34. The van der Waals surface area contributed by atoms with Gasteiger partial charge in [0.2, 0.25) is 0 Å². The van der Waals surface area contributed by atoms with Gasteiger partial charge < -0.3 is 5.11 Å². The lowest BCUT2D eigenvalue weighted by Crippen LogP contribution is -2.41. The van der Waals surface area contributed by atoms with Gasteiger partial charge in [0.25, 0.3) is 0 Å². The lowest BCUT2D eigenvalue weighted by atomic mass is 9.91. The van der Waals surface area contributed by atoms with Crippen molar-refractivity contribution in [3.8, 4) is 0 Å². The molecule has 1 fully saturated rings. The molecule has 0 heterocycles. The number of hydrogen-bond donors (Lipinski definition) is 1. The minimum Gasteiger partial charge on any atom is -0.396 e. The van der Waals surface area contributed by atoms with Crippen molar-refractivity contribution in [3.05, 3.63) is 42.0 Å². The van der Waals surface area contributed by atoms with E-state index in [0.29, 0.717) is 6.61 Å². The summed E-state index contributed by atoms with van der Waals surface area (Å²) in [5, 5.41) is 8.95. The summed E-state index contributed by atoms with van der Waals surface area (Å²) < 4.78 is 0. The molecule has 0 saturated heterocycles. The van der Waals surface area contributed by atoms with Crippen molar-refractivity contribution in [3.63, 3.8) is 0 Å². The zero-order valence-corrected chi connectivity index (χ0v) is 11.0. The van der Waals surface area contributed by atoms with Gasteiger partial charge in [-0.2, -0.15) is 0 Å². The number of aliphatic hydroxyl groups excluding tert-OH is 1. The Bertz CT molecular complexity index is 357. The van der Waals surface area contributed by atoms with Crippen molar-refractivity contribution in [2.75, 3.05) is 19.7 Å². The van der Waals surface area contributed by atoms with Crippen molar-refractivity contribution in [1.29, 1.82) is 0 Å². The molecule has 1 aromatic rings. The van der Waals surface area contributed by atoms with Gasteiger partial charge >= 0.3 is 0 Å². The molecule has 2 nitrogen and oxygen atoms in total. The third-order valence-corrected chi connectivity index (χ3v) is 3.64. The Morgan fingerprint density at radius 2 is 2.00 bits per heavy atom. The zero-order valence-electron chi connectivity index (χ0n) is 11.0. The normalized spacial score (nSPS) is 16.3. The van der Waals surface area contributed by atoms with E-state index in [2.05, 4.69) is 41.3 Å². The second kappa shape index (κ2) is 7.34. The molecule has 0 aliphatic heterocycles. The zero-order chi connectivity index (χ0) is 12.6. The summed E-state index contributed by atoms with van der Waals surface area (Å²) in [4.78, 5) is 2.50. The van der Waals surface area contributed by atoms with Gasteiger partial charge in [-0.15, -0.1) is 0 Å². The highest BCUT2D eigenvalue weighted by molar-refractivity contribution is 5.48. The minimum absolute atomic E-state index is 0.297. The lowest BCUT2D eigenvalue weighted by Gasteiger charge is -2.36. The average Bonchev–Trinajstić information content (AvgIpc) is 2.35. The summed E-state index contributed by atoms with van der Waals surface area (Å²) in [6.07, 6.45) is 9.32. The molecule has 0 spiro atoms. The number of nitrogens with zero attached hydrogens (tertiary/aromatic N) is 1. The Kier molecular flexibility index (Phi) is 5.43. The van der Waals surface area contributed by atoms with E-state index in [1.165, 1.54) is 24.8 Å². The van der Waals surface area contributed by atoms with Crippen LogP contribution in [0.15, 0.2) is 36.4 Å². The van der Waals surface area contributed by atoms with Crippen LogP contribution in [0.2, 0.25) is 0 Å².